The number of ether oxygens (including phenoxy) is 1. The van der Waals surface area contributed by atoms with Gasteiger partial charge in [-0.3, -0.25) is 9.89 Å². The summed E-state index contributed by atoms with van der Waals surface area (Å²) in [6.07, 6.45) is 1.70. The molecule has 1 aromatic heterocycles. The van der Waals surface area contributed by atoms with Crippen LogP contribution in [0.1, 0.15) is 18.0 Å². The summed E-state index contributed by atoms with van der Waals surface area (Å²) < 4.78 is 5.11. The summed E-state index contributed by atoms with van der Waals surface area (Å²) in [6, 6.07) is 7.02. The Hall–Kier alpha value is -2.34. The van der Waals surface area contributed by atoms with Gasteiger partial charge in [-0.2, -0.15) is 5.10 Å². The molecule has 2 aromatic rings. The average Bonchev–Trinajstić information content (AvgIpc) is 2.87. The zero-order valence-corrected chi connectivity index (χ0v) is 10.6. The van der Waals surface area contributed by atoms with Crippen LogP contribution in [0.15, 0.2) is 30.5 Å². The van der Waals surface area contributed by atoms with Gasteiger partial charge in [0.2, 0.25) is 5.91 Å². The zero-order valence-electron chi connectivity index (χ0n) is 10.6. The lowest BCUT2D eigenvalue weighted by Crippen LogP contribution is -2.20. The van der Waals surface area contributed by atoms with E-state index in [0.717, 1.165) is 22.6 Å². The molecular weight excluding hydrogens is 244 g/mol. The Morgan fingerprint density at radius 1 is 1.42 bits per heavy atom. The van der Waals surface area contributed by atoms with Crippen molar-refractivity contribution in [2.24, 2.45) is 11.5 Å². The van der Waals surface area contributed by atoms with Crippen LogP contribution >= 0.6 is 0 Å². The third-order valence-corrected chi connectivity index (χ3v) is 2.87. The fourth-order valence-electron chi connectivity index (χ4n) is 1.89. The minimum Gasteiger partial charge on any atom is -0.497 e. The van der Waals surface area contributed by atoms with E-state index in [9.17, 15) is 4.79 Å². The van der Waals surface area contributed by atoms with Crippen LogP contribution in [-0.2, 0) is 4.79 Å². The van der Waals surface area contributed by atoms with Crippen molar-refractivity contribution in [1.82, 2.24) is 10.2 Å². The van der Waals surface area contributed by atoms with Gasteiger partial charge >= 0.3 is 0 Å². The van der Waals surface area contributed by atoms with Crippen molar-refractivity contribution in [3.63, 3.8) is 0 Å². The summed E-state index contributed by atoms with van der Waals surface area (Å²) in [5.74, 6) is 0.334. The van der Waals surface area contributed by atoms with Crippen LogP contribution in [0, 0.1) is 0 Å². The molecule has 5 N–H and O–H groups in total. The van der Waals surface area contributed by atoms with Crippen molar-refractivity contribution in [1.29, 1.82) is 0 Å². The lowest BCUT2D eigenvalue weighted by molar-refractivity contribution is -0.118. The summed E-state index contributed by atoms with van der Waals surface area (Å²) in [6.45, 7) is 0. The SMILES string of the molecule is COc1ccc(-c2[nH]ncc2C(N)CC(N)=O)cc1. The molecule has 6 nitrogen and oxygen atoms in total. The highest BCUT2D eigenvalue weighted by Crippen LogP contribution is 2.27. The normalized spacial score (nSPS) is 12.1. The molecule has 0 aliphatic heterocycles. The molecule has 0 fully saturated rings. The summed E-state index contributed by atoms with van der Waals surface area (Å²) in [5, 5.41) is 6.87. The minimum absolute atomic E-state index is 0.0860. The number of carbonyl (C=O) groups is 1. The molecular formula is C13H16N4O2. The van der Waals surface area contributed by atoms with Gasteiger partial charge in [0.05, 0.1) is 19.0 Å². The van der Waals surface area contributed by atoms with Gasteiger partial charge in [0.1, 0.15) is 5.75 Å². The molecule has 6 heteroatoms. The fourth-order valence-corrected chi connectivity index (χ4v) is 1.89. The Kier molecular flexibility index (Phi) is 3.82. The standard InChI is InChI=1S/C13H16N4O2/c1-19-9-4-2-8(3-5-9)13-10(7-16-17-13)11(14)6-12(15)18/h2-5,7,11H,6,14H2,1H3,(H2,15,18)(H,16,17). The highest BCUT2D eigenvalue weighted by molar-refractivity contribution is 5.75. The maximum Gasteiger partial charge on any atom is 0.219 e. The number of nitrogens with two attached hydrogens (primary N) is 2. The van der Waals surface area contributed by atoms with Gasteiger partial charge < -0.3 is 16.2 Å². The Bertz CT molecular complexity index is 562. The van der Waals surface area contributed by atoms with E-state index in [2.05, 4.69) is 10.2 Å². The van der Waals surface area contributed by atoms with Gasteiger partial charge in [-0.1, -0.05) is 0 Å². The Balaban J connectivity index is 2.29. The minimum atomic E-state index is -0.464. The second kappa shape index (κ2) is 5.53. The lowest BCUT2D eigenvalue weighted by atomic mass is 10.0. The molecule has 0 bridgehead atoms. The third-order valence-electron chi connectivity index (χ3n) is 2.87. The van der Waals surface area contributed by atoms with Crippen LogP contribution in [0.5, 0.6) is 5.75 Å². The molecule has 0 saturated heterocycles. The van der Waals surface area contributed by atoms with Crippen LogP contribution in [0.4, 0.5) is 0 Å². The van der Waals surface area contributed by atoms with Crippen molar-refractivity contribution in [3.05, 3.63) is 36.0 Å². The molecule has 0 aliphatic carbocycles. The van der Waals surface area contributed by atoms with Gasteiger partial charge in [-0.05, 0) is 24.3 Å². The first kappa shape index (κ1) is 13.1. The number of amides is 1. The average molecular weight is 260 g/mol. The van der Waals surface area contributed by atoms with Crippen LogP contribution < -0.4 is 16.2 Å². The summed E-state index contributed by atoms with van der Waals surface area (Å²) in [5.41, 5.74) is 13.6. The van der Waals surface area contributed by atoms with Gasteiger partial charge in [0.15, 0.2) is 0 Å². The quantitative estimate of drug-likeness (QED) is 0.744. The number of H-pyrrole nitrogens is 1. The molecule has 1 heterocycles. The Morgan fingerprint density at radius 3 is 2.68 bits per heavy atom. The number of methoxy groups -OCH3 is 1. The van der Waals surface area contributed by atoms with Crippen molar-refractivity contribution < 1.29 is 9.53 Å². The van der Waals surface area contributed by atoms with Crippen molar-refractivity contribution in [3.8, 4) is 17.0 Å². The first-order valence-corrected chi connectivity index (χ1v) is 5.83. The maximum absolute atomic E-state index is 10.9. The second-order valence-corrected chi connectivity index (χ2v) is 4.21. The van der Waals surface area contributed by atoms with Gasteiger partial charge in [-0.15, -0.1) is 0 Å². The number of rotatable bonds is 5. The monoisotopic (exact) mass is 260 g/mol. The van der Waals surface area contributed by atoms with E-state index in [-0.39, 0.29) is 6.42 Å². The van der Waals surface area contributed by atoms with Crippen molar-refractivity contribution in [2.45, 2.75) is 12.5 Å². The van der Waals surface area contributed by atoms with Crippen molar-refractivity contribution >= 4 is 5.91 Å². The number of primary amides is 1. The van der Waals surface area contributed by atoms with Gasteiger partial charge in [0.25, 0.3) is 0 Å². The molecule has 0 aliphatic rings. The third kappa shape index (κ3) is 2.92. The maximum atomic E-state index is 10.9. The number of carbonyl (C=O) groups excluding carboxylic acids is 1. The van der Waals surface area contributed by atoms with Crippen LogP contribution in [0.3, 0.4) is 0 Å². The molecule has 0 saturated carbocycles. The number of hydrogen-bond acceptors (Lipinski definition) is 4. The second-order valence-electron chi connectivity index (χ2n) is 4.21. The number of nitrogens with zero attached hydrogens (tertiary/aromatic N) is 1. The van der Waals surface area contributed by atoms with E-state index in [1.54, 1.807) is 13.3 Å². The predicted octanol–water partition coefficient (Wildman–Crippen LogP) is 0.960. The summed E-state index contributed by atoms with van der Waals surface area (Å²) in [4.78, 5) is 10.9. The zero-order chi connectivity index (χ0) is 13.8. The topological polar surface area (TPSA) is 107 Å². The van der Waals surface area contributed by atoms with E-state index < -0.39 is 11.9 Å². The van der Waals surface area contributed by atoms with E-state index in [1.165, 1.54) is 0 Å². The van der Waals surface area contributed by atoms with Crippen molar-refractivity contribution in [2.75, 3.05) is 7.11 Å². The number of benzene rings is 1. The molecule has 1 unspecified atom stereocenters. The van der Waals surface area contributed by atoms with Crippen LogP contribution in [0.25, 0.3) is 11.3 Å². The summed E-state index contributed by atoms with van der Waals surface area (Å²) >= 11 is 0. The van der Waals surface area contributed by atoms with Crippen LogP contribution in [-0.4, -0.2) is 23.2 Å². The Morgan fingerprint density at radius 2 is 2.11 bits per heavy atom. The molecule has 0 spiro atoms. The van der Waals surface area contributed by atoms with E-state index in [0.29, 0.717) is 0 Å². The predicted molar refractivity (Wildman–Crippen MR) is 71.3 cm³/mol. The molecule has 0 radical (unpaired) electrons. The smallest absolute Gasteiger partial charge is 0.219 e. The molecule has 1 atom stereocenters. The highest BCUT2D eigenvalue weighted by Gasteiger charge is 2.16. The number of aromatic amines is 1. The molecule has 2 rings (SSSR count). The van der Waals surface area contributed by atoms with E-state index in [4.69, 9.17) is 16.2 Å². The number of hydrogen-bond donors (Lipinski definition) is 3. The van der Waals surface area contributed by atoms with Gasteiger partial charge in [-0.25, -0.2) is 0 Å². The van der Waals surface area contributed by atoms with Gasteiger partial charge in [0, 0.05) is 23.6 Å². The fraction of sp³-hybridized carbons (Fsp3) is 0.231. The largest absolute Gasteiger partial charge is 0.497 e. The van der Waals surface area contributed by atoms with E-state index >= 15 is 0 Å². The summed E-state index contributed by atoms with van der Waals surface area (Å²) in [7, 11) is 1.61. The lowest BCUT2D eigenvalue weighted by Gasteiger charge is -2.10. The number of nitrogens with one attached hydrogen (secondary N) is 1. The van der Waals surface area contributed by atoms with Crippen LogP contribution in [0.2, 0.25) is 0 Å². The number of aromatic nitrogens is 2. The first-order valence-electron chi connectivity index (χ1n) is 5.83. The molecule has 1 aromatic carbocycles. The van der Waals surface area contributed by atoms with E-state index in [1.807, 2.05) is 24.3 Å². The highest BCUT2D eigenvalue weighted by atomic mass is 16.5. The molecule has 100 valence electrons. The molecule has 19 heavy (non-hydrogen) atoms. The first-order chi connectivity index (χ1) is 9.11. The Labute approximate surface area is 110 Å². The molecule has 1 amide bonds.